The largest absolute Gasteiger partial charge is 0.265 e. The summed E-state index contributed by atoms with van der Waals surface area (Å²) in [6.45, 7) is 6.31. The third-order valence-electron chi connectivity index (χ3n) is 1.58. The number of hydrogen-bond donors (Lipinski definition) is 0. The molecule has 0 atom stereocenters. The summed E-state index contributed by atoms with van der Waals surface area (Å²) in [6.07, 6.45) is 11.4. The lowest BCUT2D eigenvalue weighted by Crippen LogP contribution is -1.81. The summed E-state index contributed by atoms with van der Waals surface area (Å²) < 4.78 is 0. The molecule has 0 aliphatic heterocycles. The molecule has 0 saturated carbocycles. The van der Waals surface area contributed by atoms with E-state index < -0.39 is 0 Å². The van der Waals surface area contributed by atoms with E-state index in [0.717, 1.165) is 12.8 Å². The van der Waals surface area contributed by atoms with Crippen molar-refractivity contribution in [2.75, 3.05) is 0 Å². The average molecular weight is 165 g/mol. The fraction of sp³-hybridized carbons (Fsp3) is 0.545. The number of nitrogens with zero attached hydrogens (tertiary/aromatic N) is 1. The summed E-state index contributed by atoms with van der Waals surface area (Å²) >= 11 is 0. The molecule has 1 nitrogen and oxygen atoms in total. The molecular formula is C11H19N. The quantitative estimate of drug-likeness (QED) is 0.550. The zero-order valence-electron chi connectivity index (χ0n) is 8.38. The molecule has 0 aromatic carbocycles. The number of allylic oxidation sites excluding steroid dienone is 3. The number of aliphatic imine (C=N–C) groups is 1. The molecule has 0 aliphatic carbocycles. The second-order valence-electron chi connectivity index (χ2n) is 2.68. The minimum absolute atomic E-state index is 1.07. The van der Waals surface area contributed by atoms with E-state index in [1.165, 1.54) is 12.0 Å². The molecule has 0 aromatic heterocycles. The Morgan fingerprint density at radius 1 is 1.33 bits per heavy atom. The maximum absolute atomic E-state index is 4.14. The number of unbranched alkanes of at least 4 members (excludes halogenated alkanes) is 1. The van der Waals surface area contributed by atoms with Crippen LogP contribution in [0.15, 0.2) is 28.9 Å². The van der Waals surface area contributed by atoms with Gasteiger partial charge in [0.25, 0.3) is 0 Å². The van der Waals surface area contributed by atoms with Crippen LogP contribution in [0, 0.1) is 0 Å². The summed E-state index contributed by atoms with van der Waals surface area (Å²) in [5.74, 6) is 0. The van der Waals surface area contributed by atoms with Crippen molar-refractivity contribution in [2.24, 2.45) is 4.99 Å². The van der Waals surface area contributed by atoms with E-state index in [1.807, 2.05) is 25.4 Å². The van der Waals surface area contributed by atoms with Crippen molar-refractivity contribution >= 4 is 6.21 Å². The Morgan fingerprint density at radius 2 is 2.08 bits per heavy atom. The Hall–Kier alpha value is -0.850. The van der Waals surface area contributed by atoms with Crippen LogP contribution in [0.3, 0.4) is 0 Å². The SMILES string of the molecule is CC=CN=C/C(=C/CCC)CC. The third-order valence-corrected chi connectivity index (χ3v) is 1.58. The maximum Gasteiger partial charge on any atom is 0.0296 e. The molecule has 0 rings (SSSR count). The minimum Gasteiger partial charge on any atom is -0.265 e. The predicted molar refractivity (Wildman–Crippen MR) is 56.6 cm³/mol. The Kier molecular flexibility index (Phi) is 7.66. The zero-order chi connectivity index (χ0) is 9.23. The maximum atomic E-state index is 4.14. The second kappa shape index (κ2) is 8.25. The van der Waals surface area contributed by atoms with Gasteiger partial charge in [-0.2, -0.15) is 0 Å². The third kappa shape index (κ3) is 5.90. The van der Waals surface area contributed by atoms with Gasteiger partial charge in [0.05, 0.1) is 0 Å². The lowest BCUT2D eigenvalue weighted by Gasteiger charge is -1.94. The standard InChI is InChI=1S/C11H19N/c1-4-7-8-11(6-3)10-12-9-5-2/h5,8-10H,4,6-7H2,1-3H3/b9-5?,11-8+,12-10?. The fourth-order valence-electron chi connectivity index (χ4n) is 0.843. The second-order valence-corrected chi connectivity index (χ2v) is 2.68. The van der Waals surface area contributed by atoms with Gasteiger partial charge in [-0.05, 0) is 25.3 Å². The van der Waals surface area contributed by atoms with E-state index in [1.54, 1.807) is 0 Å². The summed E-state index contributed by atoms with van der Waals surface area (Å²) in [5, 5.41) is 0. The van der Waals surface area contributed by atoms with Gasteiger partial charge in [0.1, 0.15) is 0 Å². The first-order valence-corrected chi connectivity index (χ1v) is 4.68. The molecule has 0 N–H and O–H groups in total. The lowest BCUT2D eigenvalue weighted by molar-refractivity contribution is 0.946. The van der Waals surface area contributed by atoms with Gasteiger partial charge in [-0.25, -0.2) is 0 Å². The van der Waals surface area contributed by atoms with E-state index in [-0.39, 0.29) is 0 Å². The molecule has 68 valence electrons. The predicted octanol–water partition coefficient (Wildman–Crippen LogP) is 3.73. The molecule has 0 saturated heterocycles. The van der Waals surface area contributed by atoms with Gasteiger partial charge in [0.15, 0.2) is 0 Å². The van der Waals surface area contributed by atoms with Crippen LogP contribution >= 0.6 is 0 Å². The topological polar surface area (TPSA) is 12.4 Å². The van der Waals surface area contributed by atoms with Crippen LogP contribution in [0.1, 0.15) is 40.0 Å². The van der Waals surface area contributed by atoms with Gasteiger partial charge in [-0.3, -0.25) is 4.99 Å². The summed E-state index contributed by atoms with van der Waals surface area (Å²) in [6, 6.07) is 0. The summed E-state index contributed by atoms with van der Waals surface area (Å²) in [4.78, 5) is 4.14. The van der Waals surface area contributed by atoms with E-state index in [2.05, 4.69) is 24.9 Å². The normalized spacial score (nSPS) is 13.4. The van der Waals surface area contributed by atoms with Crippen molar-refractivity contribution in [3.05, 3.63) is 23.9 Å². The van der Waals surface area contributed by atoms with Crippen molar-refractivity contribution in [2.45, 2.75) is 40.0 Å². The molecule has 0 fully saturated rings. The zero-order valence-corrected chi connectivity index (χ0v) is 8.38. The van der Waals surface area contributed by atoms with Crippen LogP contribution in [0.2, 0.25) is 0 Å². The van der Waals surface area contributed by atoms with Gasteiger partial charge < -0.3 is 0 Å². The molecule has 1 heteroatoms. The highest BCUT2D eigenvalue weighted by molar-refractivity contribution is 5.78. The number of hydrogen-bond acceptors (Lipinski definition) is 1. The van der Waals surface area contributed by atoms with Gasteiger partial charge in [-0.15, -0.1) is 0 Å². The van der Waals surface area contributed by atoms with Crippen LogP contribution in [-0.2, 0) is 0 Å². The van der Waals surface area contributed by atoms with Crippen molar-refractivity contribution in [1.29, 1.82) is 0 Å². The Balaban J connectivity index is 3.97. The highest BCUT2D eigenvalue weighted by atomic mass is 14.7. The van der Waals surface area contributed by atoms with Crippen LogP contribution in [-0.4, -0.2) is 6.21 Å². The first-order chi connectivity index (χ1) is 5.85. The Morgan fingerprint density at radius 3 is 2.58 bits per heavy atom. The van der Waals surface area contributed by atoms with Gasteiger partial charge in [0, 0.05) is 12.4 Å². The molecular weight excluding hydrogens is 146 g/mol. The summed E-state index contributed by atoms with van der Waals surface area (Å²) in [5.41, 5.74) is 1.33. The van der Waals surface area contributed by atoms with Crippen LogP contribution in [0.5, 0.6) is 0 Å². The summed E-state index contributed by atoms with van der Waals surface area (Å²) in [7, 11) is 0. The van der Waals surface area contributed by atoms with E-state index in [4.69, 9.17) is 0 Å². The Bertz CT molecular complexity index is 173. The molecule has 0 aromatic rings. The van der Waals surface area contributed by atoms with Crippen molar-refractivity contribution < 1.29 is 0 Å². The Labute approximate surface area is 75.9 Å². The van der Waals surface area contributed by atoms with Crippen molar-refractivity contribution in [3.8, 4) is 0 Å². The van der Waals surface area contributed by atoms with Crippen LogP contribution in [0.25, 0.3) is 0 Å². The smallest absolute Gasteiger partial charge is 0.0296 e. The molecule has 0 amide bonds. The molecule has 12 heavy (non-hydrogen) atoms. The van der Waals surface area contributed by atoms with Gasteiger partial charge in [0.2, 0.25) is 0 Å². The van der Waals surface area contributed by atoms with Crippen molar-refractivity contribution in [1.82, 2.24) is 0 Å². The molecule has 0 radical (unpaired) electrons. The molecule has 0 aliphatic rings. The van der Waals surface area contributed by atoms with Crippen LogP contribution < -0.4 is 0 Å². The highest BCUT2D eigenvalue weighted by Crippen LogP contribution is 2.00. The van der Waals surface area contributed by atoms with E-state index in [9.17, 15) is 0 Å². The van der Waals surface area contributed by atoms with Crippen molar-refractivity contribution in [3.63, 3.8) is 0 Å². The monoisotopic (exact) mass is 165 g/mol. The van der Waals surface area contributed by atoms with E-state index >= 15 is 0 Å². The molecule has 0 bridgehead atoms. The first kappa shape index (κ1) is 11.2. The lowest BCUT2D eigenvalue weighted by atomic mass is 10.1. The van der Waals surface area contributed by atoms with Crippen LogP contribution in [0.4, 0.5) is 0 Å². The average Bonchev–Trinajstić information content (AvgIpc) is 2.11. The first-order valence-electron chi connectivity index (χ1n) is 4.68. The highest BCUT2D eigenvalue weighted by Gasteiger charge is 1.86. The minimum atomic E-state index is 1.07. The molecule has 0 heterocycles. The number of rotatable bonds is 5. The van der Waals surface area contributed by atoms with E-state index in [0.29, 0.717) is 0 Å². The fourth-order valence-corrected chi connectivity index (χ4v) is 0.843. The molecule has 0 spiro atoms. The molecule has 0 unspecified atom stereocenters. The van der Waals surface area contributed by atoms with Gasteiger partial charge in [-0.1, -0.05) is 32.4 Å². The van der Waals surface area contributed by atoms with Gasteiger partial charge >= 0.3 is 0 Å².